The molecular weight excluding hydrogens is 1120 g/mol. The van der Waals surface area contributed by atoms with Crippen molar-refractivity contribution in [2.75, 3.05) is 26.0 Å². The third-order valence-electron chi connectivity index (χ3n) is 17.9. The summed E-state index contributed by atoms with van der Waals surface area (Å²) in [6.07, 6.45) is 12.1. The quantitative estimate of drug-likeness (QED) is 0.0658. The summed E-state index contributed by atoms with van der Waals surface area (Å²) >= 11 is 6.15. The zero-order chi connectivity index (χ0) is 61.0. The molecule has 4 heterocycles. The molecule has 0 saturated heterocycles. The summed E-state index contributed by atoms with van der Waals surface area (Å²) in [5, 5.41) is 4.32. The lowest BCUT2D eigenvalue weighted by atomic mass is 9.74. The first-order valence-corrected chi connectivity index (χ1v) is 30.5. The Balaban J connectivity index is 0.000000144. The van der Waals surface area contributed by atoms with Gasteiger partial charge in [0.25, 0.3) is 11.8 Å². The van der Waals surface area contributed by atoms with Crippen LogP contribution in [-0.4, -0.2) is 98.9 Å². The Labute approximate surface area is 505 Å². The number of guanidine groups is 3. The van der Waals surface area contributed by atoms with E-state index in [2.05, 4.69) is 32.2 Å². The number of ether oxygens (including phenoxy) is 1. The number of para-hydroxylation sites is 2. The Morgan fingerprint density at radius 1 is 0.698 bits per heavy atom. The van der Waals surface area contributed by atoms with Crippen molar-refractivity contribution in [3.8, 4) is 28.0 Å². The number of fused-ring (bicyclic) bond motifs is 1. The van der Waals surface area contributed by atoms with Crippen molar-refractivity contribution >= 4 is 64.2 Å². The lowest BCUT2D eigenvalue weighted by molar-refractivity contribution is -0.274. The van der Waals surface area contributed by atoms with Gasteiger partial charge < -0.3 is 32.2 Å². The molecule has 5 atom stereocenters. The molecule has 3 saturated carbocycles. The smallest absolute Gasteiger partial charge is 0.406 e. The number of aromatic nitrogens is 2. The lowest BCUT2D eigenvalue weighted by Crippen LogP contribution is -2.47. The standard InChI is InChI=1S/C26H38N6O.C21H22ClN3O.C19H18F3N3O2/c1-32-23(33)26(31-24(32)27,15-14-18-8-3-2-4-9-18)17-19-10-7-11-20(16-19)28-25-29-21-12-5-6-13-22(21)30-25;1-2-11-25-19(26)21(16-9-10-16,24-20(25)23)17-7-3-5-14(12-17)15-6-4-8-18(22)13-15;1-18(11-16(26)25(2)17(23)24-18)14-7-3-5-12(9-14)13-6-4-8-15(10-13)27-19(20,21)22/h5-6,12-13,18-20H,2-4,7-11,14-17H2,1H3,(H2,27,31)(H2,28,29,30);3-8,12-13,16H,2,9-11H2,1H3,(H2,23,24);3-10H,11H2,1-2H3,(H2,23,24)/t19-,20+,26+;;18-/m0.0/s1. The first-order valence-electron chi connectivity index (χ1n) is 30.1. The van der Waals surface area contributed by atoms with Gasteiger partial charge in [0.15, 0.2) is 23.4 Å². The molecule has 16 nitrogen and oxygen atoms in total. The second-order valence-electron chi connectivity index (χ2n) is 24.2. The predicted octanol–water partition coefficient (Wildman–Crippen LogP) is 12.6. The van der Waals surface area contributed by atoms with Crippen LogP contribution in [0.4, 0.5) is 19.1 Å². The van der Waals surface area contributed by atoms with E-state index in [1.165, 1.54) is 55.2 Å². The summed E-state index contributed by atoms with van der Waals surface area (Å²) in [4.78, 5) is 65.5. The number of nitrogens with one attached hydrogen (secondary N) is 2. The highest BCUT2D eigenvalue weighted by molar-refractivity contribution is 6.30. The number of rotatable bonds is 15. The summed E-state index contributed by atoms with van der Waals surface area (Å²) in [7, 11) is 3.33. The molecule has 0 spiro atoms. The highest BCUT2D eigenvalue weighted by Crippen LogP contribution is 2.52. The zero-order valence-electron chi connectivity index (χ0n) is 49.4. The first-order chi connectivity index (χ1) is 41.2. The number of amides is 3. The molecule has 6 aliphatic rings. The minimum atomic E-state index is -4.76. The molecule has 20 heteroatoms. The van der Waals surface area contributed by atoms with Crippen molar-refractivity contribution < 1.29 is 32.3 Å². The molecule has 3 aliphatic heterocycles. The second-order valence-corrected chi connectivity index (χ2v) is 24.6. The molecule has 12 rings (SSSR count). The third-order valence-corrected chi connectivity index (χ3v) is 18.1. The van der Waals surface area contributed by atoms with Gasteiger partial charge in [-0.15, -0.1) is 13.2 Å². The van der Waals surface area contributed by atoms with Crippen molar-refractivity contribution in [1.29, 1.82) is 0 Å². The Hall–Kier alpha value is -7.93. The minimum absolute atomic E-state index is 0.0163. The average Bonchev–Trinajstić information content (AvgIpc) is 1.61. The maximum absolute atomic E-state index is 13.4. The van der Waals surface area contributed by atoms with Crippen LogP contribution in [0.15, 0.2) is 136 Å². The topological polar surface area (TPSA) is 226 Å². The predicted molar refractivity (Wildman–Crippen MR) is 333 cm³/mol. The van der Waals surface area contributed by atoms with Gasteiger partial charge in [-0.1, -0.05) is 136 Å². The fraction of sp³-hybridized carbons (Fsp3) is 0.439. The Morgan fingerprint density at radius 2 is 1.34 bits per heavy atom. The molecule has 3 amide bonds. The summed E-state index contributed by atoms with van der Waals surface area (Å²) in [6, 6.07) is 37.2. The number of H-pyrrole nitrogens is 1. The molecule has 0 radical (unpaired) electrons. The second kappa shape index (κ2) is 25.6. The van der Waals surface area contributed by atoms with E-state index in [4.69, 9.17) is 43.8 Å². The highest BCUT2D eigenvalue weighted by Gasteiger charge is 2.58. The average molecular weight is 1200 g/mol. The molecule has 8 N–H and O–H groups in total. The largest absolute Gasteiger partial charge is 0.573 e. The van der Waals surface area contributed by atoms with Gasteiger partial charge in [-0.25, -0.2) is 20.0 Å². The van der Waals surface area contributed by atoms with Crippen LogP contribution in [0.25, 0.3) is 33.3 Å². The van der Waals surface area contributed by atoms with E-state index in [1.807, 2.05) is 73.7 Å². The minimum Gasteiger partial charge on any atom is -0.406 e. The number of hydrogen-bond acceptors (Lipinski definition) is 12. The van der Waals surface area contributed by atoms with Crippen LogP contribution >= 0.6 is 11.6 Å². The van der Waals surface area contributed by atoms with E-state index >= 15 is 0 Å². The van der Waals surface area contributed by atoms with Gasteiger partial charge in [-0.2, -0.15) is 0 Å². The van der Waals surface area contributed by atoms with E-state index in [-0.39, 0.29) is 41.8 Å². The number of halogens is 4. The molecule has 454 valence electrons. The molecule has 5 aromatic carbocycles. The Kier molecular flexibility index (Phi) is 18.2. The van der Waals surface area contributed by atoms with E-state index in [0.29, 0.717) is 46.6 Å². The number of carbonyl (C=O) groups is 3. The van der Waals surface area contributed by atoms with Crippen LogP contribution in [0.5, 0.6) is 5.75 Å². The number of carbonyl (C=O) groups excluding carboxylic acids is 3. The van der Waals surface area contributed by atoms with Gasteiger partial charge in [0.1, 0.15) is 11.3 Å². The number of hydrogen-bond donors (Lipinski definition) is 5. The number of likely N-dealkylation sites (N-methyl/N-ethyl adjacent to an activating group) is 1. The number of nitrogens with two attached hydrogens (primary N) is 3. The first kappa shape index (κ1) is 61.2. The van der Waals surface area contributed by atoms with Crippen LogP contribution in [0, 0.1) is 17.8 Å². The maximum atomic E-state index is 13.4. The SMILES string of the molecule is CCCN1C(=O)C(c2cccc(-c3cccc(Cl)c3)c2)(C2CC2)N=C1N.CN1C(=O)C[C@@](C)(c2cccc(-c3cccc(OC(F)(F)F)c3)c2)N=C1N.CN1C(=O)[C@@](CCC2CCCCC2)(C[C@H]2CCC[C@@H](Nc3nc4ccccc4[nH]3)C2)N=C1N. The van der Waals surface area contributed by atoms with Crippen LogP contribution in [0.2, 0.25) is 5.02 Å². The van der Waals surface area contributed by atoms with Crippen molar-refractivity contribution in [2.45, 2.75) is 146 Å². The summed E-state index contributed by atoms with van der Waals surface area (Å²) < 4.78 is 41.3. The van der Waals surface area contributed by atoms with Crippen LogP contribution in [0.1, 0.15) is 128 Å². The molecule has 1 aromatic heterocycles. The molecule has 3 aliphatic carbocycles. The number of anilines is 1. The van der Waals surface area contributed by atoms with Gasteiger partial charge in [-0.05, 0) is 158 Å². The number of aliphatic imine (C=N–C) groups is 3. The highest BCUT2D eigenvalue weighted by atomic mass is 35.5. The molecule has 3 fully saturated rings. The van der Waals surface area contributed by atoms with Crippen molar-refractivity contribution in [3.05, 3.63) is 137 Å². The maximum Gasteiger partial charge on any atom is 0.573 e. The summed E-state index contributed by atoms with van der Waals surface area (Å²) in [5.41, 5.74) is 22.8. The number of benzene rings is 5. The molecular formula is C66H78ClF3N12O4. The van der Waals surface area contributed by atoms with E-state index in [9.17, 15) is 27.6 Å². The van der Waals surface area contributed by atoms with E-state index < -0.39 is 23.0 Å². The number of aromatic amines is 1. The Morgan fingerprint density at radius 3 is 1.99 bits per heavy atom. The van der Waals surface area contributed by atoms with Crippen LogP contribution in [0.3, 0.4) is 0 Å². The van der Waals surface area contributed by atoms with Crippen LogP contribution < -0.4 is 27.3 Å². The molecule has 0 bridgehead atoms. The number of nitrogens with zero attached hydrogens (tertiary/aromatic N) is 7. The van der Waals surface area contributed by atoms with Gasteiger partial charge in [0, 0.05) is 31.7 Å². The summed E-state index contributed by atoms with van der Waals surface area (Å²) in [5.74, 6) is 2.78. The van der Waals surface area contributed by atoms with Crippen molar-refractivity contribution in [3.63, 3.8) is 0 Å². The van der Waals surface area contributed by atoms with Gasteiger partial charge in [0.05, 0.1) is 23.0 Å². The van der Waals surface area contributed by atoms with Crippen molar-refractivity contribution in [1.82, 2.24) is 24.7 Å². The molecule has 6 aromatic rings. The molecule has 86 heavy (non-hydrogen) atoms. The normalized spacial score (nSPS) is 24.3. The Bertz CT molecular complexity index is 3510. The number of imidazole rings is 1. The fourth-order valence-electron chi connectivity index (χ4n) is 13.2. The monoisotopic (exact) mass is 1190 g/mol. The van der Waals surface area contributed by atoms with E-state index in [1.54, 1.807) is 55.1 Å². The van der Waals surface area contributed by atoms with Gasteiger partial charge in [0.2, 0.25) is 11.9 Å². The number of alkyl halides is 3. The third kappa shape index (κ3) is 13.7. The van der Waals surface area contributed by atoms with Gasteiger partial charge >= 0.3 is 6.36 Å². The zero-order valence-corrected chi connectivity index (χ0v) is 50.1. The molecule has 1 unspecified atom stereocenters. The fourth-order valence-corrected chi connectivity index (χ4v) is 13.4. The van der Waals surface area contributed by atoms with Crippen LogP contribution in [-0.2, 0) is 25.5 Å². The van der Waals surface area contributed by atoms with E-state index in [0.717, 1.165) is 109 Å². The van der Waals surface area contributed by atoms with Crippen molar-refractivity contribution in [2.24, 2.45) is 49.9 Å². The van der Waals surface area contributed by atoms with Gasteiger partial charge in [-0.3, -0.25) is 29.1 Å². The lowest BCUT2D eigenvalue weighted by Gasteiger charge is -2.35. The summed E-state index contributed by atoms with van der Waals surface area (Å²) in [6.45, 7) is 4.45.